The Kier molecular flexibility index (Phi) is 4.99. The van der Waals surface area contributed by atoms with Crippen molar-refractivity contribution in [2.75, 3.05) is 0 Å². The van der Waals surface area contributed by atoms with Crippen LogP contribution in [0.1, 0.15) is 46.1 Å². The molecule has 0 spiro atoms. The summed E-state index contributed by atoms with van der Waals surface area (Å²) in [6.45, 7) is 14.2. The molecule has 1 aliphatic carbocycles. The molecule has 1 aromatic carbocycles. The monoisotopic (exact) mass is 359 g/mol. The number of fused-ring (bicyclic) bond motifs is 1. The Morgan fingerprint density at radius 1 is 1.24 bits per heavy atom. The van der Waals surface area contributed by atoms with Crippen LogP contribution < -0.4 is 0 Å². The third-order valence-corrected chi connectivity index (χ3v) is 11.1. The van der Waals surface area contributed by atoms with Gasteiger partial charge in [0.15, 0.2) is 8.32 Å². The normalized spacial score (nSPS) is 29.5. The van der Waals surface area contributed by atoms with Crippen LogP contribution >= 0.6 is 0 Å². The zero-order valence-corrected chi connectivity index (χ0v) is 17.6. The zero-order valence-electron chi connectivity index (χ0n) is 16.6. The van der Waals surface area contributed by atoms with Gasteiger partial charge in [0, 0.05) is 25.0 Å². The quantitative estimate of drug-likeness (QED) is 0.694. The maximum Gasteiger partial charge on any atom is 0.192 e. The Morgan fingerprint density at radius 2 is 1.88 bits per heavy atom. The highest BCUT2D eigenvalue weighted by atomic mass is 28.4. The van der Waals surface area contributed by atoms with Crippen LogP contribution in [0.4, 0.5) is 0 Å². The minimum absolute atomic E-state index is 0.241. The molecular formula is C21H33NO2Si. The van der Waals surface area contributed by atoms with E-state index < -0.39 is 8.32 Å². The van der Waals surface area contributed by atoms with Gasteiger partial charge in [-0.05, 0) is 43.0 Å². The molecule has 3 nitrogen and oxygen atoms in total. The van der Waals surface area contributed by atoms with E-state index in [-0.39, 0.29) is 5.04 Å². The lowest BCUT2D eigenvalue weighted by atomic mass is 9.62. The highest BCUT2D eigenvalue weighted by molar-refractivity contribution is 6.74. The summed E-state index contributed by atoms with van der Waals surface area (Å²) in [6, 6.07) is 11.5. The largest absolute Gasteiger partial charge is 0.412 e. The molecule has 4 heteroatoms. The topological polar surface area (TPSA) is 29.5 Å². The van der Waals surface area contributed by atoms with Gasteiger partial charge in [-0.25, -0.2) is 0 Å². The summed E-state index contributed by atoms with van der Waals surface area (Å²) in [6.07, 6.45) is 2.15. The first kappa shape index (κ1) is 18.8. The Bertz CT molecular complexity index is 623. The first-order valence-electron chi connectivity index (χ1n) is 9.57. The number of hydrogen-bond acceptors (Lipinski definition) is 3. The first-order valence-corrected chi connectivity index (χ1v) is 12.5. The third kappa shape index (κ3) is 3.62. The van der Waals surface area contributed by atoms with Gasteiger partial charge in [-0.2, -0.15) is 0 Å². The molecule has 4 atom stereocenters. The fourth-order valence-corrected chi connectivity index (χ4v) is 5.44. The van der Waals surface area contributed by atoms with Crippen LogP contribution in [-0.2, 0) is 15.8 Å². The van der Waals surface area contributed by atoms with E-state index in [1.54, 1.807) is 6.92 Å². The molecule has 0 radical (unpaired) electrons. The number of rotatable bonds is 6. The van der Waals surface area contributed by atoms with Crippen LogP contribution in [0.15, 0.2) is 30.3 Å². The van der Waals surface area contributed by atoms with Crippen molar-refractivity contribution >= 4 is 14.1 Å². The van der Waals surface area contributed by atoms with Gasteiger partial charge in [0.25, 0.3) is 0 Å². The van der Waals surface area contributed by atoms with E-state index in [1.807, 2.05) is 0 Å². The van der Waals surface area contributed by atoms with Crippen LogP contribution in [0, 0.1) is 5.92 Å². The van der Waals surface area contributed by atoms with Gasteiger partial charge in [0.2, 0.25) is 0 Å². The molecule has 1 heterocycles. The Morgan fingerprint density at radius 3 is 2.44 bits per heavy atom. The van der Waals surface area contributed by atoms with E-state index in [1.165, 1.54) is 5.56 Å². The van der Waals surface area contributed by atoms with Crippen LogP contribution in [0.5, 0.6) is 0 Å². The van der Waals surface area contributed by atoms with Crippen molar-refractivity contribution in [3.05, 3.63) is 35.9 Å². The van der Waals surface area contributed by atoms with Crippen molar-refractivity contribution < 1.29 is 9.22 Å². The molecule has 4 unspecified atom stereocenters. The molecule has 2 aliphatic rings. The van der Waals surface area contributed by atoms with Crippen molar-refractivity contribution in [2.24, 2.45) is 5.92 Å². The second-order valence-electron chi connectivity index (χ2n) is 9.44. The molecule has 0 bridgehead atoms. The molecule has 1 aliphatic heterocycles. The number of nitrogens with zero attached hydrogens (tertiary/aromatic N) is 1. The Hall–Kier alpha value is -0.973. The van der Waals surface area contributed by atoms with Crippen molar-refractivity contribution in [1.82, 2.24) is 4.90 Å². The smallest absolute Gasteiger partial charge is 0.192 e. The lowest BCUT2D eigenvalue weighted by molar-refractivity contribution is -0.195. The number of ketones is 1. The highest BCUT2D eigenvalue weighted by Crippen LogP contribution is 2.52. The zero-order chi connectivity index (χ0) is 18.4. The third-order valence-electron chi connectivity index (χ3n) is 6.58. The van der Waals surface area contributed by atoms with Gasteiger partial charge in [0.1, 0.15) is 5.78 Å². The van der Waals surface area contributed by atoms with Gasteiger partial charge in [-0.3, -0.25) is 9.69 Å². The van der Waals surface area contributed by atoms with E-state index in [0.717, 1.165) is 13.0 Å². The summed E-state index contributed by atoms with van der Waals surface area (Å²) in [7, 11) is -1.74. The summed E-state index contributed by atoms with van der Waals surface area (Å²) >= 11 is 0. The average molecular weight is 360 g/mol. The lowest BCUT2D eigenvalue weighted by Crippen LogP contribution is -2.76. The number of likely N-dealkylation sites (tertiary alicyclic amines) is 1. The summed E-state index contributed by atoms with van der Waals surface area (Å²) in [5, 5.41) is 0.241. The highest BCUT2D eigenvalue weighted by Gasteiger charge is 2.61. The Balaban J connectivity index is 1.71. The molecule has 3 rings (SSSR count). The van der Waals surface area contributed by atoms with Crippen LogP contribution in [-0.4, -0.2) is 37.2 Å². The summed E-state index contributed by atoms with van der Waals surface area (Å²) in [5.41, 5.74) is 1.33. The fraction of sp³-hybridized carbons (Fsp3) is 0.667. The van der Waals surface area contributed by atoms with E-state index in [4.69, 9.17) is 4.43 Å². The Labute approximate surface area is 153 Å². The van der Waals surface area contributed by atoms with Gasteiger partial charge >= 0.3 is 0 Å². The maximum atomic E-state index is 11.7. The molecule has 1 aromatic rings. The van der Waals surface area contributed by atoms with Crippen LogP contribution in [0.2, 0.25) is 18.1 Å². The number of hydrogen-bond donors (Lipinski definition) is 0. The predicted octanol–water partition coefficient (Wildman–Crippen LogP) is 4.63. The molecule has 0 N–H and O–H groups in total. The molecule has 0 aromatic heterocycles. The standard InChI is InChI=1S/C21H33NO2Si/c1-15(23)12-18-17-13-19(24-25(5,6)21(2,3)4)20(17)22(18)14-16-10-8-7-9-11-16/h7-11,17-20H,12-14H2,1-6H3. The van der Waals surface area contributed by atoms with Crippen molar-refractivity contribution in [1.29, 1.82) is 0 Å². The molecule has 2 fully saturated rings. The van der Waals surface area contributed by atoms with Gasteiger partial charge in [0.05, 0.1) is 6.10 Å². The molecule has 1 saturated carbocycles. The number of Topliss-reactive ketones (excluding diaryl/α,β-unsaturated/α-hetero) is 1. The van der Waals surface area contributed by atoms with Gasteiger partial charge in [-0.1, -0.05) is 51.1 Å². The number of piperidine rings is 1. The molecule has 1 saturated heterocycles. The summed E-state index contributed by atoms with van der Waals surface area (Å²) in [5.74, 6) is 0.942. The van der Waals surface area contributed by atoms with Crippen molar-refractivity contribution in [3.8, 4) is 0 Å². The molecule has 0 amide bonds. The number of benzene rings is 1. The summed E-state index contributed by atoms with van der Waals surface area (Å²) in [4.78, 5) is 14.2. The SMILES string of the molecule is CC(=O)CC1C2CC(O[Si](C)(C)C(C)(C)C)C2N1Cc1ccccc1. The summed E-state index contributed by atoms with van der Waals surface area (Å²) < 4.78 is 6.71. The van der Waals surface area contributed by atoms with E-state index >= 15 is 0 Å². The van der Waals surface area contributed by atoms with Gasteiger partial charge < -0.3 is 4.43 Å². The minimum atomic E-state index is -1.74. The van der Waals surface area contributed by atoms with Crippen LogP contribution in [0.3, 0.4) is 0 Å². The second kappa shape index (κ2) is 6.64. The fourth-order valence-electron chi connectivity index (χ4n) is 4.09. The van der Waals surface area contributed by atoms with Crippen molar-refractivity contribution in [2.45, 2.75) is 83.4 Å². The van der Waals surface area contributed by atoms with Crippen LogP contribution in [0.25, 0.3) is 0 Å². The first-order chi connectivity index (χ1) is 11.6. The van der Waals surface area contributed by atoms with E-state index in [9.17, 15) is 4.79 Å². The molecule has 138 valence electrons. The number of carbonyl (C=O) groups excluding carboxylic acids is 1. The van der Waals surface area contributed by atoms with Gasteiger partial charge in [-0.15, -0.1) is 0 Å². The predicted molar refractivity (Wildman–Crippen MR) is 105 cm³/mol. The maximum absolute atomic E-state index is 11.7. The van der Waals surface area contributed by atoms with E-state index in [0.29, 0.717) is 36.3 Å². The number of carbonyl (C=O) groups is 1. The van der Waals surface area contributed by atoms with E-state index in [2.05, 4.69) is 69.1 Å². The molecular weight excluding hydrogens is 326 g/mol. The molecule has 25 heavy (non-hydrogen) atoms. The minimum Gasteiger partial charge on any atom is -0.412 e. The second-order valence-corrected chi connectivity index (χ2v) is 14.2. The van der Waals surface area contributed by atoms with Crippen molar-refractivity contribution in [3.63, 3.8) is 0 Å². The lowest BCUT2D eigenvalue weighted by Gasteiger charge is -2.66. The average Bonchev–Trinajstić information content (AvgIpc) is 2.48.